The normalized spacial score (nSPS) is 12.9. The van der Waals surface area contributed by atoms with E-state index in [2.05, 4.69) is 15.3 Å². The van der Waals surface area contributed by atoms with E-state index in [-0.39, 0.29) is 12.4 Å². The third-order valence-corrected chi connectivity index (χ3v) is 6.23. The summed E-state index contributed by atoms with van der Waals surface area (Å²) < 4.78 is 19.2. The minimum absolute atomic E-state index is 0.195. The quantitative estimate of drug-likeness (QED) is 0.137. The van der Waals surface area contributed by atoms with Crippen molar-refractivity contribution >= 4 is 45.5 Å². The minimum Gasteiger partial charge on any atom is -0.487 e. The van der Waals surface area contributed by atoms with Crippen molar-refractivity contribution in [2.45, 2.75) is 13.0 Å². The van der Waals surface area contributed by atoms with Gasteiger partial charge in [-0.25, -0.2) is 19.8 Å². The number of hydrogen-bond acceptors (Lipinski definition) is 6. The first kappa shape index (κ1) is 25.1. The molecular weight excluding hydrogens is 507 g/mol. The van der Waals surface area contributed by atoms with Gasteiger partial charge in [-0.1, -0.05) is 48.0 Å². The van der Waals surface area contributed by atoms with Gasteiger partial charge in [0, 0.05) is 17.1 Å². The van der Waals surface area contributed by atoms with Crippen molar-refractivity contribution in [2.75, 3.05) is 5.32 Å². The Bertz CT molecular complexity index is 1620. The molecule has 1 aliphatic carbocycles. The van der Waals surface area contributed by atoms with Gasteiger partial charge in [-0.15, -0.1) is 0 Å². The molecule has 1 amide bonds. The molecule has 38 heavy (non-hydrogen) atoms. The minimum atomic E-state index is -0.579. The van der Waals surface area contributed by atoms with Crippen LogP contribution in [0.15, 0.2) is 96.9 Å². The molecule has 1 aromatic heterocycles. The number of anilines is 2. The first-order chi connectivity index (χ1) is 18.5. The van der Waals surface area contributed by atoms with Crippen molar-refractivity contribution in [3.8, 4) is 5.75 Å². The second-order valence-electron chi connectivity index (χ2n) is 8.56. The highest BCUT2D eigenvalue weighted by atomic mass is 35.5. The smallest absolute Gasteiger partial charge is 0.267 e. The van der Waals surface area contributed by atoms with Crippen LogP contribution in [0.5, 0.6) is 5.75 Å². The second-order valence-corrected chi connectivity index (χ2v) is 8.97. The zero-order valence-corrected chi connectivity index (χ0v) is 20.7. The first-order valence-electron chi connectivity index (χ1n) is 11.7. The second kappa shape index (κ2) is 11.2. The van der Waals surface area contributed by atoms with Gasteiger partial charge in [0.15, 0.2) is 0 Å². The van der Waals surface area contributed by atoms with Gasteiger partial charge in [-0.05, 0) is 71.2 Å². The fourth-order valence-corrected chi connectivity index (χ4v) is 4.29. The monoisotopic (exact) mass is 528 g/mol. The lowest BCUT2D eigenvalue weighted by atomic mass is 10.0. The summed E-state index contributed by atoms with van der Waals surface area (Å²) in [5.41, 5.74) is 6.80. The molecular formula is C29H22ClFN4O3. The van der Waals surface area contributed by atoms with Gasteiger partial charge < -0.3 is 10.1 Å². The van der Waals surface area contributed by atoms with Crippen LogP contribution in [0.2, 0.25) is 5.02 Å². The number of fused-ring (bicyclic) bond motifs is 1. The molecule has 0 atom stereocenters. The number of halogens is 2. The molecule has 4 aromatic rings. The Morgan fingerprint density at radius 1 is 1.11 bits per heavy atom. The van der Waals surface area contributed by atoms with E-state index in [4.69, 9.17) is 21.5 Å². The third-order valence-electron chi connectivity index (χ3n) is 5.94. The standard InChI is InChI=1S/C29H22ClFN4O3/c30-25-15-23(8-10-27(25)38-16-19-2-1-3-22(31)13-19)34-29-24-14-21(7-9-26(24)32-17-33-29)20-6-4-18(12-20)5-11-28(36)35-37/h1-11,13-15,17,37H,12,16H2,(H,35,36)(H,32,33,34)/b11-5+. The van der Waals surface area contributed by atoms with Crippen LogP contribution in [0.1, 0.15) is 17.5 Å². The highest BCUT2D eigenvalue weighted by Crippen LogP contribution is 2.34. The average Bonchev–Trinajstić information content (AvgIpc) is 3.40. The van der Waals surface area contributed by atoms with Gasteiger partial charge >= 0.3 is 0 Å². The van der Waals surface area contributed by atoms with Gasteiger partial charge in [-0.3, -0.25) is 10.0 Å². The number of amides is 1. The topological polar surface area (TPSA) is 96.4 Å². The van der Waals surface area contributed by atoms with E-state index >= 15 is 0 Å². The number of aromatic nitrogens is 2. The first-order valence-corrected chi connectivity index (χ1v) is 12.1. The summed E-state index contributed by atoms with van der Waals surface area (Å²) in [6.07, 6.45) is 9.01. The van der Waals surface area contributed by atoms with Crippen molar-refractivity contribution in [3.05, 3.63) is 119 Å². The Kier molecular flexibility index (Phi) is 7.44. The molecule has 9 heteroatoms. The molecule has 5 rings (SSSR count). The molecule has 3 aromatic carbocycles. The van der Waals surface area contributed by atoms with Gasteiger partial charge in [0.1, 0.15) is 30.3 Å². The van der Waals surface area contributed by atoms with Crippen LogP contribution in [-0.2, 0) is 11.4 Å². The predicted molar refractivity (Wildman–Crippen MR) is 145 cm³/mol. The van der Waals surface area contributed by atoms with Crippen LogP contribution in [0.3, 0.4) is 0 Å². The lowest BCUT2D eigenvalue weighted by Crippen LogP contribution is -2.14. The van der Waals surface area contributed by atoms with E-state index in [1.807, 2.05) is 36.4 Å². The van der Waals surface area contributed by atoms with Crippen LogP contribution in [-0.4, -0.2) is 21.1 Å². The highest BCUT2D eigenvalue weighted by Gasteiger charge is 2.13. The molecule has 3 N–H and O–H groups in total. The van der Waals surface area contributed by atoms with Crippen LogP contribution >= 0.6 is 11.6 Å². The van der Waals surface area contributed by atoms with Crippen molar-refractivity contribution in [1.29, 1.82) is 0 Å². The maximum Gasteiger partial charge on any atom is 0.267 e. The summed E-state index contributed by atoms with van der Waals surface area (Å²) in [7, 11) is 0. The SMILES string of the molecule is O=C(/C=C/C1=CC=C(c2ccc3ncnc(Nc4ccc(OCc5cccc(F)c5)c(Cl)c4)c3c2)C1)NO. The Balaban J connectivity index is 1.31. The molecule has 1 aliphatic rings. The summed E-state index contributed by atoms with van der Waals surface area (Å²) in [5, 5.41) is 13.2. The molecule has 0 saturated carbocycles. The van der Waals surface area contributed by atoms with E-state index in [0.29, 0.717) is 28.6 Å². The predicted octanol–water partition coefficient (Wildman–Crippen LogP) is 6.52. The summed E-state index contributed by atoms with van der Waals surface area (Å²) in [4.78, 5) is 20.1. The Hall–Kier alpha value is -4.53. The van der Waals surface area contributed by atoms with E-state index < -0.39 is 5.91 Å². The van der Waals surface area contributed by atoms with Gasteiger partial charge in [-0.2, -0.15) is 0 Å². The maximum atomic E-state index is 13.4. The van der Waals surface area contributed by atoms with Crippen molar-refractivity contribution < 1.29 is 19.1 Å². The number of nitrogens with one attached hydrogen (secondary N) is 2. The lowest BCUT2D eigenvalue weighted by Gasteiger charge is -2.13. The van der Waals surface area contributed by atoms with E-state index in [9.17, 15) is 9.18 Å². The molecule has 1 heterocycles. The van der Waals surface area contributed by atoms with Gasteiger partial charge in [0.2, 0.25) is 0 Å². The van der Waals surface area contributed by atoms with E-state index in [1.165, 1.54) is 24.5 Å². The molecule has 0 spiro atoms. The number of allylic oxidation sites excluding steroid dienone is 5. The molecule has 7 nitrogen and oxygen atoms in total. The molecule has 0 radical (unpaired) electrons. The summed E-state index contributed by atoms with van der Waals surface area (Å²) in [6, 6.07) is 17.5. The fourth-order valence-electron chi connectivity index (χ4n) is 4.05. The summed E-state index contributed by atoms with van der Waals surface area (Å²) in [5.74, 6) is 0.206. The van der Waals surface area contributed by atoms with E-state index in [0.717, 1.165) is 33.3 Å². The van der Waals surface area contributed by atoms with Crippen molar-refractivity contribution in [3.63, 3.8) is 0 Å². The number of carbonyl (C=O) groups excluding carboxylic acids is 1. The number of hydrogen-bond donors (Lipinski definition) is 3. The number of carbonyl (C=O) groups is 1. The Morgan fingerprint density at radius 3 is 2.82 bits per heavy atom. The average molecular weight is 529 g/mol. The van der Waals surface area contributed by atoms with Crippen molar-refractivity contribution in [2.24, 2.45) is 0 Å². The molecule has 0 unspecified atom stereocenters. The summed E-state index contributed by atoms with van der Waals surface area (Å²) >= 11 is 6.46. The van der Waals surface area contributed by atoms with Crippen LogP contribution in [0, 0.1) is 5.82 Å². The molecule has 190 valence electrons. The molecule has 0 saturated heterocycles. The van der Waals surface area contributed by atoms with Crippen LogP contribution in [0.4, 0.5) is 15.9 Å². The van der Waals surface area contributed by atoms with Crippen LogP contribution < -0.4 is 15.5 Å². The fraction of sp³-hybridized carbons (Fsp3) is 0.0690. The number of ether oxygens (including phenoxy) is 1. The molecule has 0 fully saturated rings. The summed E-state index contributed by atoms with van der Waals surface area (Å²) in [6.45, 7) is 0.195. The zero-order chi connectivity index (χ0) is 26.5. The van der Waals surface area contributed by atoms with Crippen molar-refractivity contribution in [1.82, 2.24) is 15.4 Å². The van der Waals surface area contributed by atoms with Crippen LogP contribution in [0.25, 0.3) is 16.5 Å². The Morgan fingerprint density at radius 2 is 2.00 bits per heavy atom. The Labute approximate surface area is 222 Å². The third kappa shape index (κ3) is 5.88. The number of rotatable bonds is 8. The number of hydroxylamine groups is 1. The van der Waals surface area contributed by atoms with Gasteiger partial charge in [0.05, 0.1) is 10.5 Å². The highest BCUT2D eigenvalue weighted by molar-refractivity contribution is 6.32. The maximum absolute atomic E-state index is 13.4. The zero-order valence-electron chi connectivity index (χ0n) is 20.0. The van der Waals surface area contributed by atoms with Gasteiger partial charge in [0.25, 0.3) is 5.91 Å². The van der Waals surface area contributed by atoms with E-state index in [1.54, 1.807) is 35.8 Å². The number of nitrogens with zero attached hydrogens (tertiary/aromatic N) is 2. The molecule has 0 aliphatic heterocycles. The number of benzene rings is 3. The molecule has 0 bridgehead atoms. The lowest BCUT2D eigenvalue weighted by molar-refractivity contribution is -0.124. The largest absolute Gasteiger partial charge is 0.487 e.